The molecule has 2 aromatic carbocycles. The second-order valence-corrected chi connectivity index (χ2v) is 13.6. The highest BCUT2D eigenvalue weighted by Crippen LogP contribution is 2.26. The zero-order chi connectivity index (χ0) is 39.2. The normalized spacial score (nSPS) is 13.9. The van der Waals surface area contributed by atoms with Crippen LogP contribution in [-0.2, 0) is 37.4 Å². The molecule has 0 radical (unpaired) electrons. The molecule has 0 saturated heterocycles. The van der Waals surface area contributed by atoms with Crippen molar-refractivity contribution in [2.75, 3.05) is 23.4 Å². The molecule has 0 spiro atoms. The fourth-order valence-electron chi connectivity index (χ4n) is 6.42. The fourth-order valence-corrected chi connectivity index (χ4v) is 6.42. The van der Waals surface area contributed by atoms with E-state index < -0.39 is 18.4 Å². The summed E-state index contributed by atoms with van der Waals surface area (Å²) >= 11 is 0. The average molecular weight is 754 g/mol. The number of benzene rings is 2. The standard InChI is InChI=1S/C41H51N7O7/c1-4-5-6-12-25-53-41(52)46-38(42)29-16-19-32(20-17-29)44-27-36-45-33-26-31(18-21-34(33)47(36)3)39(50)48(35-15-10-11-23-43-35)24-22-37(49)54-28(2)55-40(51)30-13-8-7-9-14-30/h10-11,15-21,23,26,28,30,44H,4-9,12-14,22,24-25,27H2,1-3H3,(H2,42,46,52). The third-order valence-corrected chi connectivity index (χ3v) is 9.52. The molecule has 2 heterocycles. The topological polar surface area (TPSA) is 180 Å². The lowest BCUT2D eigenvalue weighted by molar-refractivity contribution is -0.188. The third kappa shape index (κ3) is 11.6. The molecular weight excluding hydrogens is 702 g/mol. The smallest absolute Gasteiger partial charge is 0.435 e. The van der Waals surface area contributed by atoms with E-state index >= 15 is 0 Å². The minimum absolute atomic E-state index is 0.00704. The number of pyridine rings is 1. The van der Waals surface area contributed by atoms with Gasteiger partial charge in [0.25, 0.3) is 5.91 Å². The molecule has 1 aliphatic carbocycles. The third-order valence-electron chi connectivity index (χ3n) is 9.52. The number of nitrogens with one attached hydrogen (secondary N) is 1. The molecule has 4 aromatic rings. The minimum atomic E-state index is -1.03. The van der Waals surface area contributed by atoms with Crippen LogP contribution in [0.1, 0.15) is 99.8 Å². The van der Waals surface area contributed by atoms with Gasteiger partial charge in [0, 0.05) is 43.5 Å². The number of carbonyl (C=O) groups excluding carboxylic acids is 4. The van der Waals surface area contributed by atoms with Crippen molar-refractivity contribution in [3.05, 3.63) is 83.8 Å². The van der Waals surface area contributed by atoms with E-state index in [1.807, 2.05) is 29.8 Å². The first-order valence-electron chi connectivity index (χ1n) is 19.1. The number of rotatable bonds is 17. The van der Waals surface area contributed by atoms with Crippen molar-refractivity contribution in [1.82, 2.24) is 14.5 Å². The Morgan fingerprint density at radius 2 is 1.75 bits per heavy atom. The van der Waals surface area contributed by atoms with E-state index in [0.29, 0.717) is 35.6 Å². The summed E-state index contributed by atoms with van der Waals surface area (Å²) in [6.07, 6.45) is 8.36. The van der Waals surface area contributed by atoms with Gasteiger partial charge in [-0.25, -0.2) is 14.8 Å². The number of aromatic nitrogens is 3. The highest BCUT2D eigenvalue weighted by atomic mass is 16.7. The number of amides is 2. The monoisotopic (exact) mass is 753 g/mol. The molecule has 3 N–H and O–H groups in total. The summed E-state index contributed by atoms with van der Waals surface area (Å²) in [5.74, 6) is -0.286. The number of fused-ring (bicyclic) bond motifs is 1. The number of imidazole rings is 1. The van der Waals surface area contributed by atoms with Crippen molar-refractivity contribution in [2.24, 2.45) is 23.7 Å². The lowest BCUT2D eigenvalue weighted by Gasteiger charge is -2.23. The van der Waals surface area contributed by atoms with Crippen LogP contribution in [0.25, 0.3) is 11.0 Å². The number of hydrogen-bond acceptors (Lipinski definition) is 10. The first kappa shape index (κ1) is 40.4. The molecule has 1 saturated carbocycles. The first-order valence-corrected chi connectivity index (χ1v) is 19.1. The van der Waals surface area contributed by atoms with Crippen LogP contribution in [0.3, 0.4) is 0 Å². The van der Waals surface area contributed by atoms with Gasteiger partial charge in [0.15, 0.2) is 0 Å². The zero-order valence-corrected chi connectivity index (χ0v) is 31.9. The van der Waals surface area contributed by atoms with E-state index in [2.05, 4.69) is 22.2 Å². The molecule has 14 nitrogen and oxygen atoms in total. The second kappa shape index (κ2) is 20.0. The molecule has 14 heteroatoms. The van der Waals surface area contributed by atoms with Crippen molar-refractivity contribution in [3.8, 4) is 0 Å². The summed E-state index contributed by atoms with van der Waals surface area (Å²) in [7, 11) is 1.90. The van der Waals surface area contributed by atoms with Gasteiger partial charge in [-0.1, -0.05) is 51.5 Å². The van der Waals surface area contributed by atoms with Crippen molar-refractivity contribution >= 4 is 52.3 Å². The second-order valence-electron chi connectivity index (χ2n) is 13.6. The molecule has 292 valence electrons. The van der Waals surface area contributed by atoms with Gasteiger partial charge in [0.05, 0.1) is 36.5 Å². The largest absolute Gasteiger partial charge is 0.448 e. The van der Waals surface area contributed by atoms with E-state index in [1.54, 1.807) is 48.7 Å². The van der Waals surface area contributed by atoms with Gasteiger partial charge in [-0.05, 0) is 73.9 Å². The van der Waals surface area contributed by atoms with Gasteiger partial charge in [-0.2, -0.15) is 4.99 Å². The van der Waals surface area contributed by atoms with Crippen LogP contribution in [0, 0.1) is 5.92 Å². The average Bonchev–Trinajstić information content (AvgIpc) is 3.51. The highest BCUT2D eigenvalue weighted by molar-refractivity contribution is 6.07. The van der Waals surface area contributed by atoms with E-state index in [4.69, 9.17) is 24.9 Å². The Morgan fingerprint density at radius 3 is 2.47 bits per heavy atom. The van der Waals surface area contributed by atoms with Crippen LogP contribution in [0.15, 0.2) is 71.9 Å². The molecule has 0 aliphatic heterocycles. The highest BCUT2D eigenvalue weighted by Gasteiger charge is 2.26. The Bertz CT molecular complexity index is 1940. The number of hydrogen-bond donors (Lipinski definition) is 2. The SMILES string of the molecule is CCCCCCOC(=O)/N=C(/N)c1ccc(NCc2nc3cc(C(=O)N(CCC(=O)OC(C)OC(=O)C4CCCCC4)c4ccccn4)ccc3n2C)cc1. The molecule has 0 bridgehead atoms. The molecule has 2 amide bonds. The summed E-state index contributed by atoms with van der Waals surface area (Å²) in [5.41, 5.74) is 9.26. The lowest BCUT2D eigenvalue weighted by Crippen LogP contribution is -2.34. The van der Waals surface area contributed by atoms with E-state index in [9.17, 15) is 19.2 Å². The van der Waals surface area contributed by atoms with Crippen LogP contribution in [0.2, 0.25) is 0 Å². The first-order chi connectivity index (χ1) is 26.6. The molecule has 5 rings (SSSR count). The Labute approximate surface area is 321 Å². The fraction of sp³-hybridized carbons (Fsp3) is 0.439. The zero-order valence-electron chi connectivity index (χ0n) is 31.9. The number of unbranched alkanes of at least 4 members (excludes halogenated alkanes) is 3. The number of amidine groups is 1. The summed E-state index contributed by atoms with van der Waals surface area (Å²) < 4.78 is 17.9. The Morgan fingerprint density at radius 1 is 0.982 bits per heavy atom. The van der Waals surface area contributed by atoms with Crippen LogP contribution in [0.4, 0.5) is 16.3 Å². The van der Waals surface area contributed by atoms with Crippen LogP contribution >= 0.6 is 0 Å². The Hall–Kier alpha value is -5.79. The summed E-state index contributed by atoms with van der Waals surface area (Å²) in [6.45, 7) is 4.34. The summed E-state index contributed by atoms with van der Waals surface area (Å²) in [6, 6.07) is 17.7. The van der Waals surface area contributed by atoms with E-state index in [-0.39, 0.29) is 36.6 Å². The van der Waals surface area contributed by atoms with Gasteiger partial charge in [-0.3, -0.25) is 19.3 Å². The molecule has 2 aromatic heterocycles. The summed E-state index contributed by atoms with van der Waals surface area (Å²) in [4.78, 5) is 65.7. The predicted octanol–water partition coefficient (Wildman–Crippen LogP) is 7.05. The van der Waals surface area contributed by atoms with Gasteiger partial charge < -0.3 is 29.8 Å². The van der Waals surface area contributed by atoms with Gasteiger partial charge in [0.1, 0.15) is 17.5 Å². The maximum Gasteiger partial charge on any atom is 0.435 e. The maximum absolute atomic E-state index is 13.9. The Balaban J connectivity index is 1.18. The number of anilines is 2. The van der Waals surface area contributed by atoms with Crippen LogP contribution in [-0.4, -0.2) is 63.8 Å². The number of aryl methyl sites for hydroxylation is 1. The number of aliphatic imine (C=N–C) groups is 1. The number of carbonyl (C=O) groups is 4. The quantitative estimate of drug-likeness (QED) is 0.0371. The molecule has 1 unspecified atom stereocenters. The molecule has 1 atom stereocenters. The van der Waals surface area contributed by atoms with Gasteiger partial charge in [-0.15, -0.1) is 0 Å². The summed E-state index contributed by atoms with van der Waals surface area (Å²) in [5, 5.41) is 3.35. The van der Waals surface area contributed by atoms with Crippen molar-refractivity contribution in [1.29, 1.82) is 0 Å². The van der Waals surface area contributed by atoms with Crippen molar-refractivity contribution in [2.45, 2.75) is 90.9 Å². The Kier molecular flexibility index (Phi) is 14.7. The number of esters is 2. The van der Waals surface area contributed by atoms with Crippen LogP contribution in [0.5, 0.6) is 0 Å². The van der Waals surface area contributed by atoms with Crippen molar-refractivity contribution < 1.29 is 33.4 Å². The lowest BCUT2D eigenvalue weighted by atomic mass is 9.89. The van der Waals surface area contributed by atoms with Gasteiger partial charge >= 0.3 is 18.0 Å². The predicted molar refractivity (Wildman–Crippen MR) is 209 cm³/mol. The number of ether oxygens (including phenoxy) is 3. The van der Waals surface area contributed by atoms with Gasteiger partial charge in [0.2, 0.25) is 6.29 Å². The number of nitrogens with two attached hydrogens (primary N) is 1. The van der Waals surface area contributed by atoms with E-state index in [0.717, 1.165) is 74.8 Å². The maximum atomic E-state index is 13.9. The molecule has 1 fully saturated rings. The number of nitrogens with zero attached hydrogens (tertiary/aromatic N) is 5. The molecule has 1 aliphatic rings. The minimum Gasteiger partial charge on any atom is -0.448 e. The van der Waals surface area contributed by atoms with E-state index in [1.165, 1.54) is 11.8 Å². The molecule has 55 heavy (non-hydrogen) atoms. The molecular formula is C41H51N7O7. The van der Waals surface area contributed by atoms with Crippen LogP contribution < -0.4 is 16.0 Å². The van der Waals surface area contributed by atoms with Crippen molar-refractivity contribution in [3.63, 3.8) is 0 Å².